The van der Waals surface area contributed by atoms with Gasteiger partial charge in [0.2, 0.25) is 23.6 Å². The molecule has 10 nitrogen and oxygen atoms in total. The Kier molecular flexibility index (Phi) is 13.2. The molecule has 37 heavy (non-hydrogen) atoms. The second kappa shape index (κ2) is 15.1. The first-order valence-corrected chi connectivity index (χ1v) is 13.5. The molecule has 4 atom stereocenters. The van der Waals surface area contributed by atoms with E-state index in [9.17, 15) is 24.0 Å². The normalized spacial score (nSPS) is 19.1. The predicted molar refractivity (Wildman–Crippen MR) is 142 cm³/mol. The number of carbonyl (C=O) groups is 5. The molecule has 0 aliphatic carbocycles. The van der Waals surface area contributed by atoms with Crippen LogP contribution in [-0.2, 0) is 28.7 Å². The molecule has 0 radical (unpaired) electrons. The summed E-state index contributed by atoms with van der Waals surface area (Å²) in [5.74, 6) is -1.74. The lowest BCUT2D eigenvalue weighted by Crippen LogP contribution is -2.57. The third-order valence-electron chi connectivity index (χ3n) is 6.49. The van der Waals surface area contributed by atoms with Crippen molar-refractivity contribution < 1.29 is 28.7 Å². The smallest absolute Gasteiger partial charge is 0.243 e. The van der Waals surface area contributed by atoms with Crippen LogP contribution in [0.4, 0.5) is 0 Å². The maximum absolute atomic E-state index is 13.4. The first kappa shape index (κ1) is 32.5. The Bertz CT molecular complexity index is 807. The maximum atomic E-state index is 13.4. The Morgan fingerprint density at radius 1 is 0.892 bits per heavy atom. The van der Waals surface area contributed by atoms with Gasteiger partial charge in [0, 0.05) is 26.9 Å². The third-order valence-corrected chi connectivity index (χ3v) is 6.49. The van der Waals surface area contributed by atoms with E-state index in [1.807, 2.05) is 34.6 Å². The van der Waals surface area contributed by atoms with Crippen molar-refractivity contribution >= 4 is 29.4 Å². The Hall–Kier alpha value is -2.49. The van der Waals surface area contributed by atoms with Crippen LogP contribution in [0.15, 0.2) is 0 Å². The summed E-state index contributed by atoms with van der Waals surface area (Å²) in [5.41, 5.74) is -0.905. The zero-order valence-corrected chi connectivity index (χ0v) is 23.9. The molecule has 0 aromatic carbocycles. The fourth-order valence-electron chi connectivity index (χ4n) is 3.93. The van der Waals surface area contributed by atoms with E-state index in [2.05, 4.69) is 16.0 Å². The average molecular weight is 525 g/mol. The van der Waals surface area contributed by atoms with Crippen molar-refractivity contribution in [3.63, 3.8) is 0 Å². The fourth-order valence-corrected chi connectivity index (χ4v) is 3.93. The topological polar surface area (TPSA) is 137 Å². The SMILES string of the molecule is CCCCCC(=O)NC(C(=O)NC(CCC(=O)N(C)C)C(=O)NC(CC(C)C)C(=O)C1(C)CO1)C(C)C. The van der Waals surface area contributed by atoms with Gasteiger partial charge in [0.25, 0.3) is 0 Å². The van der Waals surface area contributed by atoms with Gasteiger partial charge in [-0.25, -0.2) is 0 Å². The number of hydrogen-bond acceptors (Lipinski definition) is 6. The summed E-state index contributed by atoms with van der Waals surface area (Å²) >= 11 is 0. The van der Waals surface area contributed by atoms with E-state index in [0.29, 0.717) is 19.4 Å². The van der Waals surface area contributed by atoms with E-state index in [1.54, 1.807) is 21.0 Å². The molecular formula is C27H48N4O6. The van der Waals surface area contributed by atoms with Crippen LogP contribution >= 0.6 is 0 Å². The van der Waals surface area contributed by atoms with Crippen LogP contribution in [0.25, 0.3) is 0 Å². The molecule has 0 saturated carbocycles. The zero-order valence-electron chi connectivity index (χ0n) is 23.9. The molecule has 1 aliphatic heterocycles. The molecule has 1 aliphatic rings. The summed E-state index contributed by atoms with van der Waals surface area (Å²) in [6.45, 7) is 11.6. The molecule has 10 heteroatoms. The second-order valence-electron chi connectivity index (χ2n) is 11.2. The van der Waals surface area contributed by atoms with Gasteiger partial charge in [0.1, 0.15) is 17.7 Å². The van der Waals surface area contributed by atoms with Crippen LogP contribution in [0.1, 0.15) is 86.5 Å². The van der Waals surface area contributed by atoms with Gasteiger partial charge in [0.15, 0.2) is 5.78 Å². The molecule has 3 N–H and O–H groups in total. The van der Waals surface area contributed by atoms with E-state index < -0.39 is 35.5 Å². The molecule has 0 bridgehead atoms. The molecule has 0 spiro atoms. The summed E-state index contributed by atoms with van der Waals surface area (Å²) in [7, 11) is 3.24. The lowest BCUT2D eigenvalue weighted by molar-refractivity contribution is -0.135. The summed E-state index contributed by atoms with van der Waals surface area (Å²) in [6.07, 6.45) is 3.48. The number of ketones is 1. The maximum Gasteiger partial charge on any atom is 0.243 e. The van der Waals surface area contributed by atoms with Gasteiger partial charge in [0.05, 0.1) is 12.6 Å². The molecule has 0 aromatic heterocycles. The Morgan fingerprint density at radius 3 is 1.97 bits per heavy atom. The number of hydrogen-bond donors (Lipinski definition) is 3. The first-order valence-electron chi connectivity index (χ1n) is 13.5. The van der Waals surface area contributed by atoms with E-state index in [4.69, 9.17) is 4.74 Å². The number of epoxide rings is 1. The van der Waals surface area contributed by atoms with Crippen LogP contribution in [0.5, 0.6) is 0 Å². The lowest BCUT2D eigenvalue weighted by atomic mass is 9.93. The monoisotopic (exact) mass is 524 g/mol. The quantitative estimate of drug-likeness (QED) is 0.196. The molecule has 1 fully saturated rings. The highest BCUT2D eigenvalue weighted by Crippen LogP contribution is 2.29. The van der Waals surface area contributed by atoms with Gasteiger partial charge in [-0.1, -0.05) is 47.5 Å². The minimum absolute atomic E-state index is 0.0324. The number of unbranched alkanes of at least 4 members (excludes halogenated alkanes) is 2. The molecular weight excluding hydrogens is 476 g/mol. The molecule has 0 aromatic rings. The van der Waals surface area contributed by atoms with Crippen molar-refractivity contribution in [3.05, 3.63) is 0 Å². The number of rotatable bonds is 17. The molecule has 1 saturated heterocycles. The highest BCUT2D eigenvalue weighted by Gasteiger charge is 2.50. The van der Waals surface area contributed by atoms with Gasteiger partial charge < -0.3 is 25.6 Å². The summed E-state index contributed by atoms with van der Waals surface area (Å²) < 4.78 is 5.30. The van der Waals surface area contributed by atoms with E-state index >= 15 is 0 Å². The fraction of sp³-hybridized carbons (Fsp3) is 0.815. The molecule has 212 valence electrons. The van der Waals surface area contributed by atoms with Gasteiger partial charge in [-0.2, -0.15) is 0 Å². The molecule has 4 unspecified atom stereocenters. The lowest BCUT2D eigenvalue weighted by Gasteiger charge is -2.27. The highest BCUT2D eigenvalue weighted by molar-refractivity contribution is 5.98. The van der Waals surface area contributed by atoms with Crippen molar-refractivity contribution in [2.24, 2.45) is 11.8 Å². The van der Waals surface area contributed by atoms with Crippen molar-refractivity contribution in [2.75, 3.05) is 20.7 Å². The van der Waals surface area contributed by atoms with Gasteiger partial charge in [-0.05, 0) is 38.0 Å². The van der Waals surface area contributed by atoms with Gasteiger partial charge in [-0.15, -0.1) is 0 Å². The number of nitrogens with one attached hydrogen (secondary N) is 3. The van der Waals surface area contributed by atoms with Crippen LogP contribution < -0.4 is 16.0 Å². The van der Waals surface area contributed by atoms with Gasteiger partial charge in [-0.3, -0.25) is 24.0 Å². The van der Waals surface area contributed by atoms with Crippen molar-refractivity contribution in [2.45, 2.75) is 110 Å². The number of ether oxygens (including phenoxy) is 1. The number of Topliss-reactive ketones (excluding diaryl/α,β-unsaturated/α-hetero) is 1. The van der Waals surface area contributed by atoms with Crippen molar-refractivity contribution in [3.8, 4) is 0 Å². The number of amides is 4. The number of carbonyl (C=O) groups excluding carboxylic acids is 5. The summed E-state index contributed by atoms with van der Waals surface area (Å²) in [4.78, 5) is 65.6. The average Bonchev–Trinajstić information content (AvgIpc) is 3.56. The van der Waals surface area contributed by atoms with Gasteiger partial charge >= 0.3 is 0 Å². The van der Waals surface area contributed by atoms with Crippen LogP contribution in [0, 0.1) is 11.8 Å². The molecule has 1 heterocycles. The third kappa shape index (κ3) is 11.2. The predicted octanol–water partition coefficient (Wildman–Crippen LogP) is 1.95. The van der Waals surface area contributed by atoms with Crippen LogP contribution in [-0.4, -0.2) is 78.7 Å². The number of nitrogens with zero attached hydrogens (tertiary/aromatic N) is 1. The largest absolute Gasteiger partial charge is 0.361 e. The first-order chi connectivity index (χ1) is 17.2. The summed E-state index contributed by atoms with van der Waals surface area (Å²) in [6, 6.07) is -2.66. The van der Waals surface area contributed by atoms with Crippen molar-refractivity contribution in [1.82, 2.24) is 20.9 Å². The minimum atomic E-state index is -1.05. The standard InChI is InChI=1S/C27H48N4O6/c1-9-10-11-12-21(32)30-23(18(4)5)26(36)28-19(13-14-22(33)31(7)8)25(35)29-20(15-17(2)3)24(34)27(6)16-37-27/h17-20,23H,9-16H2,1-8H3,(H,28,36)(H,29,35)(H,30,32). The van der Waals surface area contributed by atoms with Crippen LogP contribution in [0.3, 0.4) is 0 Å². The van der Waals surface area contributed by atoms with Crippen LogP contribution in [0.2, 0.25) is 0 Å². The Balaban J connectivity index is 3.03. The van der Waals surface area contributed by atoms with E-state index in [-0.39, 0.29) is 42.3 Å². The second-order valence-corrected chi connectivity index (χ2v) is 11.2. The highest BCUT2D eigenvalue weighted by atomic mass is 16.6. The Labute approximate surface area is 222 Å². The minimum Gasteiger partial charge on any atom is -0.361 e. The van der Waals surface area contributed by atoms with Crippen molar-refractivity contribution in [1.29, 1.82) is 0 Å². The van der Waals surface area contributed by atoms with E-state index in [0.717, 1.165) is 19.3 Å². The molecule has 1 rings (SSSR count). The van der Waals surface area contributed by atoms with E-state index in [1.165, 1.54) is 4.90 Å². The summed E-state index contributed by atoms with van der Waals surface area (Å²) in [5, 5.41) is 8.33. The zero-order chi connectivity index (χ0) is 28.3. The molecule has 4 amide bonds. The Morgan fingerprint density at radius 2 is 1.49 bits per heavy atom.